The van der Waals surface area contributed by atoms with Crippen LogP contribution in [-0.2, 0) is 0 Å². The first-order chi connectivity index (χ1) is 24.9. The fraction of sp³-hybridized carbons (Fsp3) is 0. The van der Waals surface area contributed by atoms with E-state index >= 15 is 0 Å². The zero-order valence-corrected chi connectivity index (χ0v) is 26.8. The van der Waals surface area contributed by atoms with Crippen molar-refractivity contribution in [3.8, 4) is 22.7 Å². The molecule has 0 N–H and O–H groups in total. The molecule has 5 aromatic carbocycles. The number of para-hydroxylation sites is 4. The van der Waals surface area contributed by atoms with Gasteiger partial charge in [-0.3, -0.25) is 28.2 Å². The van der Waals surface area contributed by atoms with Crippen LogP contribution in [0.5, 0.6) is 0 Å². The average molecular weight is 641 g/mol. The maximum Gasteiger partial charge on any atom is 0.133 e. The van der Waals surface area contributed by atoms with E-state index in [1.165, 1.54) is 10.8 Å². The lowest BCUT2D eigenvalue weighted by molar-refractivity contribution is 1.04. The molecule has 11 aromatic rings. The molecule has 0 saturated carbocycles. The minimum Gasteiger partial charge on any atom is -0.295 e. The fourth-order valence-electron chi connectivity index (χ4n) is 8.08. The van der Waals surface area contributed by atoms with Crippen molar-refractivity contribution in [2.45, 2.75) is 0 Å². The lowest BCUT2D eigenvalue weighted by Gasteiger charge is -2.16. The first-order valence-corrected chi connectivity index (χ1v) is 16.9. The third-order valence-electron chi connectivity index (χ3n) is 10.0. The van der Waals surface area contributed by atoms with Crippen molar-refractivity contribution in [2.75, 3.05) is 0 Å². The maximum absolute atomic E-state index is 4.99. The molecule has 0 amide bonds. The van der Waals surface area contributed by atoms with Crippen LogP contribution in [0.4, 0.5) is 0 Å². The molecule has 0 spiro atoms. The van der Waals surface area contributed by atoms with Gasteiger partial charge in [0, 0.05) is 45.9 Å². The second-order valence-electron chi connectivity index (χ2n) is 12.7. The Morgan fingerprint density at radius 3 is 1.18 bits per heavy atom. The number of pyridine rings is 2. The highest BCUT2D eigenvalue weighted by atomic mass is 15.2. The number of hydrogen-bond donors (Lipinski definition) is 0. The summed E-state index contributed by atoms with van der Waals surface area (Å²) in [6.45, 7) is 0. The molecule has 234 valence electrons. The zero-order chi connectivity index (χ0) is 32.8. The number of fused-ring (bicyclic) bond motifs is 10. The van der Waals surface area contributed by atoms with Gasteiger partial charge in [-0.1, -0.05) is 78.9 Å². The summed E-state index contributed by atoms with van der Waals surface area (Å²) in [5.41, 5.74) is 12.9. The molecule has 0 radical (unpaired) electrons. The van der Waals surface area contributed by atoms with E-state index in [1.54, 1.807) is 0 Å². The Kier molecular flexibility index (Phi) is 5.57. The summed E-state index contributed by atoms with van der Waals surface area (Å²) in [5.74, 6) is 0. The molecule has 6 heteroatoms. The van der Waals surface area contributed by atoms with Gasteiger partial charge in [0.2, 0.25) is 0 Å². The molecule has 0 unspecified atom stereocenters. The molecular weight excluding hydrogens is 613 g/mol. The quantitative estimate of drug-likeness (QED) is 0.192. The van der Waals surface area contributed by atoms with Crippen molar-refractivity contribution in [3.05, 3.63) is 170 Å². The van der Waals surface area contributed by atoms with E-state index in [2.05, 4.69) is 164 Å². The normalized spacial score (nSPS) is 12.0. The van der Waals surface area contributed by atoms with Gasteiger partial charge >= 0.3 is 0 Å². The van der Waals surface area contributed by atoms with E-state index in [0.717, 1.165) is 77.9 Å². The summed E-state index contributed by atoms with van der Waals surface area (Å²) >= 11 is 0. The van der Waals surface area contributed by atoms with Crippen LogP contribution in [0.15, 0.2) is 170 Å². The molecular formula is C44H28N6. The Labute approximate surface area is 286 Å². The number of benzene rings is 5. The van der Waals surface area contributed by atoms with Crippen LogP contribution < -0.4 is 0 Å². The van der Waals surface area contributed by atoms with Gasteiger partial charge in [0.15, 0.2) is 0 Å². The van der Waals surface area contributed by atoms with Gasteiger partial charge in [0.05, 0.1) is 43.9 Å². The number of aromatic nitrogens is 6. The Balaban J connectivity index is 1.27. The van der Waals surface area contributed by atoms with Crippen LogP contribution in [0.2, 0.25) is 0 Å². The highest BCUT2D eigenvalue weighted by Crippen LogP contribution is 2.42. The Morgan fingerprint density at radius 1 is 0.320 bits per heavy atom. The molecule has 50 heavy (non-hydrogen) atoms. The van der Waals surface area contributed by atoms with Crippen molar-refractivity contribution < 1.29 is 0 Å². The van der Waals surface area contributed by atoms with Crippen molar-refractivity contribution >= 4 is 65.9 Å². The van der Waals surface area contributed by atoms with Crippen molar-refractivity contribution in [1.29, 1.82) is 0 Å². The molecule has 0 aliphatic carbocycles. The van der Waals surface area contributed by atoms with Crippen molar-refractivity contribution in [1.82, 2.24) is 28.2 Å². The van der Waals surface area contributed by atoms with E-state index < -0.39 is 0 Å². The lowest BCUT2D eigenvalue weighted by atomic mass is 10.2. The predicted octanol–water partition coefficient (Wildman–Crippen LogP) is 10.6. The zero-order valence-electron chi connectivity index (χ0n) is 26.8. The Hall–Kier alpha value is -6.92. The topological polar surface area (TPSA) is 45.5 Å². The third-order valence-corrected chi connectivity index (χ3v) is 10.0. The summed E-state index contributed by atoms with van der Waals surface area (Å²) in [4.78, 5) is 9.97. The summed E-state index contributed by atoms with van der Waals surface area (Å²) < 4.78 is 9.50. The van der Waals surface area contributed by atoms with Crippen LogP contribution in [0.1, 0.15) is 0 Å². The molecule has 0 saturated heterocycles. The summed E-state index contributed by atoms with van der Waals surface area (Å²) in [7, 11) is 0. The first-order valence-electron chi connectivity index (χ1n) is 16.9. The lowest BCUT2D eigenvalue weighted by Crippen LogP contribution is -2.04. The SMILES string of the molecule is c1ccc(-n2c3ccccc3c3c4ncccc4n(-c4cccc(-n5c6cccnc6c6c7ccccc7n(-c7ccccc7)c65)c4)c32)cc1. The van der Waals surface area contributed by atoms with E-state index in [0.29, 0.717) is 0 Å². The average Bonchev–Trinajstić information content (AvgIpc) is 3.90. The van der Waals surface area contributed by atoms with Gasteiger partial charge in [-0.15, -0.1) is 0 Å². The molecule has 6 aromatic heterocycles. The Morgan fingerprint density at radius 2 is 0.700 bits per heavy atom. The van der Waals surface area contributed by atoms with E-state index in [9.17, 15) is 0 Å². The highest BCUT2D eigenvalue weighted by molar-refractivity contribution is 6.22. The first kappa shape index (κ1) is 27.1. The maximum atomic E-state index is 4.99. The number of rotatable bonds is 4. The minimum absolute atomic E-state index is 0.987. The summed E-state index contributed by atoms with van der Waals surface area (Å²) in [6, 6.07) is 55.8. The smallest absolute Gasteiger partial charge is 0.133 e. The van der Waals surface area contributed by atoms with Crippen LogP contribution >= 0.6 is 0 Å². The highest BCUT2D eigenvalue weighted by Gasteiger charge is 2.25. The summed E-state index contributed by atoms with van der Waals surface area (Å²) in [5, 5.41) is 4.66. The van der Waals surface area contributed by atoms with Crippen LogP contribution in [0, 0.1) is 0 Å². The van der Waals surface area contributed by atoms with Crippen LogP contribution in [-0.4, -0.2) is 28.2 Å². The largest absolute Gasteiger partial charge is 0.295 e. The second-order valence-corrected chi connectivity index (χ2v) is 12.7. The number of hydrogen-bond acceptors (Lipinski definition) is 2. The monoisotopic (exact) mass is 640 g/mol. The van der Waals surface area contributed by atoms with E-state index in [-0.39, 0.29) is 0 Å². The second kappa shape index (κ2) is 10.3. The molecule has 0 atom stereocenters. The molecule has 11 rings (SSSR count). The molecule has 0 aliphatic rings. The van der Waals surface area contributed by atoms with Gasteiger partial charge in [0.25, 0.3) is 0 Å². The van der Waals surface area contributed by atoms with Crippen LogP contribution in [0.3, 0.4) is 0 Å². The van der Waals surface area contributed by atoms with Crippen molar-refractivity contribution in [2.24, 2.45) is 0 Å². The van der Waals surface area contributed by atoms with Gasteiger partial charge in [0.1, 0.15) is 11.3 Å². The van der Waals surface area contributed by atoms with Gasteiger partial charge in [-0.25, -0.2) is 0 Å². The van der Waals surface area contributed by atoms with E-state index in [1.807, 2.05) is 24.5 Å². The summed E-state index contributed by atoms with van der Waals surface area (Å²) in [6.07, 6.45) is 3.80. The molecule has 6 nitrogen and oxygen atoms in total. The van der Waals surface area contributed by atoms with Gasteiger partial charge < -0.3 is 0 Å². The Bertz CT molecular complexity index is 2880. The van der Waals surface area contributed by atoms with Crippen molar-refractivity contribution in [3.63, 3.8) is 0 Å². The molecule has 6 heterocycles. The minimum atomic E-state index is 0.987. The van der Waals surface area contributed by atoms with Gasteiger partial charge in [-0.2, -0.15) is 0 Å². The molecule has 0 bridgehead atoms. The standard InChI is InChI=1S/C44H28N6/c1-3-14-29(15-4-1)47-35-22-9-7-20-33(35)39-41-37(24-12-26-45-41)49(43(39)47)31-18-11-19-32(28-31)50-38-25-13-27-46-42(38)40-34-21-8-10-23-36(34)48(44(40)50)30-16-5-2-6-17-30/h1-28H. The van der Waals surface area contributed by atoms with E-state index in [4.69, 9.17) is 9.97 Å². The predicted molar refractivity (Wildman–Crippen MR) is 204 cm³/mol. The fourth-order valence-corrected chi connectivity index (χ4v) is 8.08. The molecule has 0 fully saturated rings. The molecule has 0 aliphatic heterocycles. The van der Waals surface area contributed by atoms with Gasteiger partial charge in [-0.05, 0) is 78.9 Å². The van der Waals surface area contributed by atoms with Crippen LogP contribution in [0.25, 0.3) is 88.7 Å². The third kappa shape index (κ3) is 3.62. The number of nitrogens with zero attached hydrogens (tertiary/aromatic N) is 6.